The summed E-state index contributed by atoms with van der Waals surface area (Å²) in [6.45, 7) is 8.33. The number of amides is 2. The molecule has 2 aromatic carbocycles. The highest BCUT2D eigenvalue weighted by Crippen LogP contribution is 2.38. The Kier molecular flexibility index (Phi) is 7.64. The zero-order valence-corrected chi connectivity index (χ0v) is 19.9. The van der Waals surface area contributed by atoms with Crippen LogP contribution in [0.5, 0.6) is 0 Å². The third kappa shape index (κ3) is 6.26. The van der Waals surface area contributed by atoms with E-state index >= 15 is 0 Å². The molecule has 1 heterocycles. The number of hydrogen-bond donors (Lipinski definition) is 4. The monoisotopic (exact) mass is 453 g/mol. The molecule has 7 nitrogen and oxygen atoms in total. The van der Waals surface area contributed by atoms with Gasteiger partial charge in [0.25, 0.3) is 0 Å². The van der Waals surface area contributed by atoms with Gasteiger partial charge in [-0.2, -0.15) is 0 Å². The molecular weight excluding hydrogens is 418 g/mol. The fourth-order valence-electron chi connectivity index (χ4n) is 4.58. The van der Waals surface area contributed by atoms with Crippen LogP contribution in [0, 0.1) is 6.92 Å². The minimum absolute atomic E-state index is 0.0286. The first-order valence-electron chi connectivity index (χ1n) is 11.6. The third-order valence-corrected chi connectivity index (χ3v) is 6.34. The molecule has 0 saturated carbocycles. The number of aliphatic hydroxyl groups is 1. The molecule has 178 valence electrons. The van der Waals surface area contributed by atoms with Crippen LogP contribution in [0.4, 0.5) is 21.9 Å². The molecule has 0 aromatic heterocycles. The zero-order chi connectivity index (χ0) is 24.2. The van der Waals surface area contributed by atoms with Crippen molar-refractivity contribution in [3.8, 4) is 0 Å². The van der Waals surface area contributed by atoms with Gasteiger partial charge in [-0.1, -0.05) is 30.7 Å². The lowest BCUT2D eigenvalue weighted by Crippen LogP contribution is -2.46. The molecule has 1 fully saturated rings. The van der Waals surface area contributed by atoms with E-state index in [2.05, 4.69) is 15.5 Å². The lowest BCUT2D eigenvalue weighted by molar-refractivity contribution is -0.137. The van der Waals surface area contributed by atoms with Gasteiger partial charge in [-0.05, 0) is 75.8 Å². The SMILES string of the molecule is CCC(CC(=O)O)c1ccc(N2CCC[C@H]2C(C)(C)O)c(NC(=O)Nc2ccc(C)cc2)c1. The highest BCUT2D eigenvalue weighted by atomic mass is 16.4. The number of aliphatic carboxylic acids is 1. The molecule has 3 rings (SSSR count). The summed E-state index contributed by atoms with van der Waals surface area (Å²) in [5.74, 6) is -1.000. The average molecular weight is 454 g/mol. The van der Waals surface area contributed by atoms with Crippen molar-refractivity contribution in [1.82, 2.24) is 0 Å². The molecule has 1 aliphatic rings. The summed E-state index contributed by atoms with van der Waals surface area (Å²) in [6, 6.07) is 12.8. The molecule has 33 heavy (non-hydrogen) atoms. The van der Waals surface area contributed by atoms with Crippen molar-refractivity contribution >= 4 is 29.1 Å². The number of nitrogens with zero attached hydrogens (tertiary/aromatic N) is 1. The van der Waals surface area contributed by atoms with Crippen LogP contribution in [-0.2, 0) is 4.79 Å². The number of hydrogen-bond acceptors (Lipinski definition) is 4. The molecule has 2 amide bonds. The standard InChI is InChI=1S/C26H35N3O4/c1-5-18(16-24(30)31)19-10-13-22(29-14-6-7-23(29)26(3,4)33)21(15-19)28-25(32)27-20-11-8-17(2)9-12-20/h8-13,15,18,23,33H,5-7,14,16H2,1-4H3,(H,30,31)(H2,27,28,32)/t18?,23-/m0/s1. The van der Waals surface area contributed by atoms with Crippen LogP contribution in [0.25, 0.3) is 0 Å². The molecule has 2 atom stereocenters. The molecule has 1 saturated heterocycles. The van der Waals surface area contributed by atoms with Crippen molar-refractivity contribution in [3.05, 3.63) is 53.6 Å². The molecule has 0 aliphatic carbocycles. The zero-order valence-electron chi connectivity index (χ0n) is 19.9. The molecule has 7 heteroatoms. The van der Waals surface area contributed by atoms with Crippen LogP contribution in [-0.4, -0.2) is 40.4 Å². The van der Waals surface area contributed by atoms with Crippen LogP contribution in [0.1, 0.15) is 63.5 Å². The van der Waals surface area contributed by atoms with E-state index in [1.165, 1.54) is 0 Å². The van der Waals surface area contributed by atoms with Gasteiger partial charge in [-0.15, -0.1) is 0 Å². The lowest BCUT2D eigenvalue weighted by atomic mass is 9.92. The topological polar surface area (TPSA) is 102 Å². The largest absolute Gasteiger partial charge is 0.481 e. The van der Waals surface area contributed by atoms with Crippen LogP contribution >= 0.6 is 0 Å². The van der Waals surface area contributed by atoms with Crippen LogP contribution < -0.4 is 15.5 Å². The van der Waals surface area contributed by atoms with E-state index in [-0.39, 0.29) is 24.4 Å². The van der Waals surface area contributed by atoms with Gasteiger partial charge < -0.3 is 25.7 Å². The second-order valence-electron chi connectivity index (χ2n) is 9.43. The summed E-state index contributed by atoms with van der Waals surface area (Å²) in [4.78, 5) is 26.3. The van der Waals surface area contributed by atoms with Crippen LogP contribution in [0.15, 0.2) is 42.5 Å². The second-order valence-corrected chi connectivity index (χ2v) is 9.43. The van der Waals surface area contributed by atoms with Crippen molar-refractivity contribution in [1.29, 1.82) is 0 Å². The van der Waals surface area contributed by atoms with E-state index in [0.717, 1.165) is 36.2 Å². The van der Waals surface area contributed by atoms with Gasteiger partial charge in [-0.25, -0.2) is 4.79 Å². The second kappa shape index (κ2) is 10.3. The Morgan fingerprint density at radius 1 is 1.15 bits per heavy atom. The van der Waals surface area contributed by atoms with E-state index in [0.29, 0.717) is 17.8 Å². The van der Waals surface area contributed by atoms with Crippen molar-refractivity contribution in [3.63, 3.8) is 0 Å². The average Bonchev–Trinajstić information content (AvgIpc) is 3.24. The van der Waals surface area contributed by atoms with Gasteiger partial charge in [0.1, 0.15) is 0 Å². The van der Waals surface area contributed by atoms with E-state index < -0.39 is 11.6 Å². The summed E-state index contributed by atoms with van der Waals surface area (Å²) in [5, 5.41) is 25.9. The van der Waals surface area contributed by atoms with Gasteiger partial charge in [0.05, 0.1) is 29.4 Å². The number of benzene rings is 2. The molecule has 0 radical (unpaired) electrons. The maximum Gasteiger partial charge on any atom is 0.323 e. The molecule has 0 bridgehead atoms. The van der Waals surface area contributed by atoms with Crippen LogP contribution in [0.3, 0.4) is 0 Å². The van der Waals surface area contributed by atoms with Crippen molar-refractivity contribution < 1.29 is 19.8 Å². The highest BCUT2D eigenvalue weighted by molar-refractivity contribution is 6.02. The number of urea groups is 1. The number of nitrogens with one attached hydrogen (secondary N) is 2. The smallest absolute Gasteiger partial charge is 0.323 e. The van der Waals surface area contributed by atoms with E-state index in [4.69, 9.17) is 0 Å². The summed E-state index contributed by atoms with van der Waals surface area (Å²) in [5.41, 5.74) is 3.19. The molecule has 0 spiro atoms. The number of carbonyl (C=O) groups is 2. The van der Waals surface area contributed by atoms with Crippen LogP contribution in [0.2, 0.25) is 0 Å². The maximum absolute atomic E-state index is 12.9. The lowest BCUT2D eigenvalue weighted by Gasteiger charge is -2.36. The van der Waals surface area contributed by atoms with E-state index in [1.807, 2.05) is 70.2 Å². The molecule has 1 unspecified atom stereocenters. The third-order valence-electron chi connectivity index (χ3n) is 6.34. The van der Waals surface area contributed by atoms with E-state index in [9.17, 15) is 19.8 Å². The Balaban J connectivity index is 1.94. The summed E-state index contributed by atoms with van der Waals surface area (Å²) >= 11 is 0. The van der Waals surface area contributed by atoms with Crippen molar-refractivity contribution in [2.75, 3.05) is 22.1 Å². The van der Waals surface area contributed by atoms with Gasteiger partial charge in [-0.3, -0.25) is 4.79 Å². The first kappa shape index (κ1) is 24.6. The molecule has 4 N–H and O–H groups in total. The number of aryl methyl sites for hydroxylation is 1. The Hall–Kier alpha value is -3.06. The minimum atomic E-state index is -0.897. The normalized spacial score (nSPS) is 17.0. The Morgan fingerprint density at radius 3 is 2.45 bits per heavy atom. The number of anilines is 3. The Bertz CT molecular complexity index is 982. The quantitative estimate of drug-likeness (QED) is 0.432. The summed E-state index contributed by atoms with van der Waals surface area (Å²) in [6.07, 6.45) is 2.51. The summed E-state index contributed by atoms with van der Waals surface area (Å²) in [7, 11) is 0. The predicted octanol–water partition coefficient (Wildman–Crippen LogP) is 5.35. The highest BCUT2D eigenvalue weighted by Gasteiger charge is 2.37. The van der Waals surface area contributed by atoms with Gasteiger partial charge in [0, 0.05) is 12.2 Å². The van der Waals surface area contributed by atoms with E-state index in [1.54, 1.807) is 0 Å². The molecular formula is C26H35N3O4. The number of carbonyl (C=O) groups excluding carboxylic acids is 1. The van der Waals surface area contributed by atoms with Gasteiger partial charge in [0.15, 0.2) is 0 Å². The van der Waals surface area contributed by atoms with Gasteiger partial charge >= 0.3 is 12.0 Å². The van der Waals surface area contributed by atoms with Crippen molar-refractivity contribution in [2.24, 2.45) is 0 Å². The predicted molar refractivity (Wildman–Crippen MR) is 132 cm³/mol. The first-order valence-corrected chi connectivity index (χ1v) is 11.6. The fourth-order valence-corrected chi connectivity index (χ4v) is 4.58. The fraction of sp³-hybridized carbons (Fsp3) is 0.462. The number of rotatable bonds is 8. The Labute approximate surface area is 195 Å². The van der Waals surface area contributed by atoms with Crippen molar-refractivity contribution in [2.45, 2.75) is 70.9 Å². The maximum atomic E-state index is 12.9. The molecule has 2 aromatic rings. The molecule has 1 aliphatic heterocycles. The number of carboxylic acids is 1. The minimum Gasteiger partial charge on any atom is -0.481 e. The summed E-state index contributed by atoms with van der Waals surface area (Å²) < 4.78 is 0. The van der Waals surface area contributed by atoms with Gasteiger partial charge in [0.2, 0.25) is 0 Å². The first-order chi connectivity index (χ1) is 15.6. The Morgan fingerprint density at radius 2 is 1.85 bits per heavy atom. The number of carboxylic acid groups (broad SMARTS) is 1.